The molecule has 6 heteroatoms. The van der Waals surface area contributed by atoms with Gasteiger partial charge < -0.3 is 15.0 Å². The lowest BCUT2D eigenvalue weighted by Crippen LogP contribution is -2.39. The zero-order chi connectivity index (χ0) is 13.7. The van der Waals surface area contributed by atoms with E-state index in [2.05, 4.69) is 21.2 Å². The number of rotatable bonds is 3. The van der Waals surface area contributed by atoms with E-state index in [4.69, 9.17) is 4.74 Å². The molecular formula is C13H15BrN2O3. The zero-order valence-corrected chi connectivity index (χ0v) is 12.0. The van der Waals surface area contributed by atoms with Crippen molar-refractivity contribution in [3.8, 4) is 5.75 Å². The van der Waals surface area contributed by atoms with E-state index in [1.54, 1.807) is 12.1 Å². The Labute approximate surface area is 120 Å². The van der Waals surface area contributed by atoms with Crippen LogP contribution in [0.15, 0.2) is 28.7 Å². The minimum atomic E-state index is -0.169. The topological polar surface area (TPSA) is 58.6 Å². The molecule has 0 bridgehead atoms. The molecule has 0 atom stereocenters. The van der Waals surface area contributed by atoms with E-state index >= 15 is 0 Å². The predicted octanol–water partition coefficient (Wildman–Crippen LogP) is 1.18. The van der Waals surface area contributed by atoms with Crippen LogP contribution in [0.2, 0.25) is 0 Å². The van der Waals surface area contributed by atoms with Crippen LogP contribution in [-0.4, -0.2) is 43.0 Å². The molecule has 1 aromatic rings. The summed E-state index contributed by atoms with van der Waals surface area (Å²) in [5.74, 6) is 0.340. The fourth-order valence-corrected chi connectivity index (χ4v) is 2.19. The first-order valence-electron chi connectivity index (χ1n) is 6.08. The smallest absolute Gasteiger partial charge is 0.260 e. The van der Waals surface area contributed by atoms with Gasteiger partial charge in [-0.1, -0.05) is 22.0 Å². The monoisotopic (exact) mass is 326 g/mol. The number of ether oxygens (including phenoxy) is 1. The van der Waals surface area contributed by atoms with Gasteiger partial charge >= 0.3 is 0 Å². The van der Waals surface area contributed by atoms with E-state index in [-0.39, 0.29) is 25.0 Å². The normalized spacial score (nSPS) is 15.6. The minimum Gasteiger partial charge on any atom is -0.484 e. The van der Waals surface area contributed by atoms with Gasteiger partial charge in [0.15, 0.2) is 6.61 Å². The fourth-order valence-electron chi connectivity index (χ4n) is 1.81. The maximum absolute atomic E-state index is 12.0. The van der Waals surface area contributed by atoms with Crippen molar-refractivity contribution in [2.75, 3.05) is 26.2 Å². The predicted molar refractivity (Wildman–Crippen MR) is 73.8 cm³/mol. The van der Waals surface area contributed by atoms with Gasteiger partial charge in [0.1, 0.15) is 5.75 Å². The highest BCUT2D eigenvalue weighted by Crippen LogP contribution is 2.17. The molecule has 0 saturated carbocycles. The van der Waals surface area contributed by atoms with E-state index in [1.807, 2.05) is 12.1 Å². The van der Waals surface area contributed by atoms with Crippen LogP contribution in [0, 0.1) is 0 Å². The minimum absolute atomic E-state index is 0.0519. The summed E-state index contributed by atoms with van der Waals surface area (Å²) >= 11 is 3.34. The quantitative estimate of drug-likeness (QED) is 0.907. The van der Waals surface area contributed by atoms with Crippen LogP contribution in [-0.2, 0) is 9.59 Å². The number of hydrogen-bond donors (Lipinski definition) is 1. The molecule has 0 radical (unpaired) electrons. The standard InChI is InChI=1S/C13H15BrN2O3/c14-10-3-1-4-11(7-10)19-9-13(18)16-6-2-5-15-12(17)8-16/h1,3-4,7H,2,5-6,8-9H2,(H,15,17). The Balaban J connectivity index is 1.88. The average molecular weight is 327 g/mol. The lowest BCUT2D eigenvalue weighted by atomic mass is 10.3. The summed E-state index contributed by atoms with van der Waals surface area (Å²) < 4.78 is 6.32. The van der Waals surface area contributed by atoms with Crippen molar-refractivity contribution in [3.05, 3.63) is 28.7 Å². The average Bonchev–Trinajstić information content (AvgIpc) is 2.61. The van der Waals surface area contributed by atoms with Crippen molar-refractivity contribution in [1.82, 2.24) is 10.2 Å². The van der Waals surface area contributed by atoms with Gasteiger partial charge in [-0.2, -0.15) is 0 Å². The molecule has 1 aromatic carbocycles. The molecule has 0 aliphatic carbocycles. The molecule has 19 heavy (non-hydrogen) atoms. The van der Waals surface area contributed by atoms with Crippen LogP contribution in [0.3, 0.4) is 0 Å². The largest absolute Gasteiger partial charge is 0.484 e. The molecule has 1 aliphatic rings. The Hall–Kier alpha value is -1.56. The highest BCUT2D eigenvalue weighted by molar-refractivity contribution is 9.10. The Morgan fingerprint density at radius 2 is 2.32 bits per heavy atom. The van der Waals surface area contributed by atoms with Crippen LogP contribution >= 0.6 is 15.9 Å². The molecule has 2 rings (SSSR count). The molecule has 0 spiro atoms. The number of benzene rings is 1. The van der Waals surface area contributed by atoms with Gasteiger partial charge in [-0.05, 0) is 24.6 Å². The number of nitrogens with one attached hydrogen (secondary N) is 1. The molecule has 102 valence electrons. The first-order chi connectivity index (χ1) is 9.15. The lowest BCUT2D eigenvalue weighted by Gasteiger charge is -2.19. The first kappa shape index (κ1) is 13.9. The lowest BCUT2D eigenvalue weighted by molar-refractivity contribution is -0.136. The van der Waals surface area contributed by atoms with Crippen molar-refractivity contribution in [3.63, 3.8) is 0 Å². The maximum atomic E-state index is 12.0. The number of nitrogens with zero attached hydrogens (tertiary/aromatic N) is 1. The summed E-state index contributed by atoms with van der Waals surface area (Å²) in [5.41, 5.74) is 0. The highest BCUT2D eigenvalue weighted by Gasteiger charge is 2.19. The van der Waals surface area contributed by atoms with E-state index in [9.17, 15) is 9.59 Å². The summed E-state index contributed by atoms with van der Waals surface area (Å²) in [7, 11) is 0. The summed E-state index contributed by atoms with van der Waals surface area (Å²) in [6.45, 7) is 1.26. The van der Waals surface area contributed by atoms with E-state index in [0.29, 0.717) is 18.8 Å². The van der Waals surface area contributed by atoms with Crippen LogP contribution in [0.5, 0.6) is 5.75 Å². The van der Waals surface area contributed by atoms with Gasteiger partial charge in [0.05, 0.1) is 6.54 Å². The Morgan fingerprint density at radius 1 is 1.47 bits per heavy atom. The second-order valence-electron chi connectivity index (χ2n) is 4.26. The van der Waals surface area contributed by atoms with Crippen molar-refractivity contribution in [2.45, 2.75) is 6.42 Å². The van der Waals surface area contributed by atoms with Crippen molar-refractivity contribution >= 4 is 27.7 Å². The van der Waals surface area contributed by atoms with Crippen LogP contribution < -0.4 is 10.1 Å². The molecule has 1 heterocycles. The summed E-state index contributed by atoms with van der Waals surface area (Å²) in [6, 6.07) is 7.30. The third-order valence-electron chi connectivity index (χ3n) is 2.77. The number of carbonyl (C=O) groups excluding carboxylic acids is 2. The SMILES string of the molecule is O=C1CN(C(=O)COc2cccc(Br)c2)CCCN1. The summed E-state index contributed by atoms with van der Waals surface area (Å²) in [6.07, 6.45) is 0.772. The van der Waals surface area contributed by atoms with Crippen LogP contribution in [0.4, 0.5) is 0 Å². The van der Waals surface area contributed by atoms with Gasteiger partial charge in [0, 0.05) is 17.6 Å². The third kappa shape index (κ3) is 4.24. The molecule has 1 aliphatic heterocycles. The second kappa shape index (κ2) is 6.56. The van der Waals surface area contributed by atoms with Crippen LogP contribution in [0.25, 0.3) is 0 Å². The van der Waals surface area contributed by atoms with Gasteiger partial charge in [0.2, 0.25) is 5.91 Å². The molecule has 1 N–H and O–H groups in total. The molecule has 5 nitrogen and oxygen atoms in total. The number of carbonyl (C=O) groups is 2. The first-order valence-corrected chi connectivity index (χ1v) is 6.87. The van der Waals surface area contributed by atoms with Crippen molar-refractivity contribution < 1.29 is 14.3 Å². The van der Waals surface area contributed by atoms with E-state index in [1.165, 1.54) is 4.90 Å². The molecule has 2 amide bonds. The number of amides is 2. The Kier molecular flexibility index (Phi) is 4.79. The summed E-state index contributed by atoms with van der Waals surface area (Å²) in [4.78, 5) is 24.9. The van der Waals surface area contributed by atoms with Gasteiger partial charge in [0.25, 0.3) is 5.91 Å². The molecule has 0 unspecified atom stereocenters. The highest BCUT2D eigenvalue weighted by atomic mass is 79.9. The van der Waals surface area contributed by atoms with Gasteiger partial charge in [-0.15, -0.1) is 0 Å². The second-order valence-corrected chi connectivity index (χ2v) is 5.18. The van der Waals surface area contributed by atoms with E-state index < -0.39 is 0 Å². The zero-order valence-electron chi connectivity index (χ0n) is 10.4. The molecule has 1 saturated heterocycles. The molecule has 1 fully saturated rings. The van der Waals surface area contributed by atoms with Gasteiger partial charge in [-0.25, -0.2) is 0 Å². The third-order valence-corrected chi connectivity index (χ3v) is 3.27. The molecular weight excluding hydrogens is 312 g/mol. The molecule has 0 aromatic heterocycles. The van der Waals surface area contributed by atoms with Crippen LogP contribution in [0.1, 0.15) is 6.42 Å². The van der Waals surface area contributed by atoms with Crippen molar-refractivity contribution in [1.29, 1.82) is 0 Å². The fraction of sp³-hybridized carbons (Fsp3) is 0.385. The number of hydrogen-bond acceptors (Lipinski definition) is 3. The Morgan fingerprint density at radius 3 is 3.11 bits per heavy atom. The Bertz CT molecular complexity index is 479. The maximum Gasteiger partial charge on any atom is 0.260 e. The summed E-state index contributed by atoms with van der Waals surface area (Å²) in [5, 5.41) is 2.73. The van der Waals surface area contributed by atoms with E-state index in [0.717, 1.165) is 10.9 Å². The number of halogens is 1. The van der Waals surface area contributed by atoms with Crippen molar-refractivity contribution in [2.24, 2.45) is 0 Å². The van der Waals surface area contributed by atoms with Gasteiger partial charge in [-0.3, -0.25) is 9.59 Å².